The van der Waals surface area contributed by atoms with Crippen molar-refractivity contribution in [3.63, 3.8) is 0 Å². The Bertz CT molecular complexity index is 415. The molecule has 0 radical (unpaired) electrons. The van der Waals surface area contributed by atoms with E-state index in [1.807, 2.05) is 0 Å². The molecule has 2 atom stereocenters. The molecule has 2 N–H and O–H groups in total. The minimum atomic E-state index is 0.0483. The van der Waals surface area contributed by atoms with Crippen molar-refractivity contribution in [1.82, 2.24) is 20.4 Å². The van der Waals surface area contributed by atoms with E-state index in [-0.39, 0.29) is 10.4 Å². The average Bonchev–Trinajstić information content (AvgIpc) is 2.62. The van der Waals surface area contributed by atoms with Crippen LogP contribution in [0.4, 0.5) is 0 Å². The molecule has 27 heavy (non-hydrogen) atoms. The summed E-state index contributed by atoms with van der Waals surface area (Å²) in [7, 11) is 1.68. The van der Waals surface area contributed by atoms with Crippen LogP contribution in [-0.2, 0) is 4.74 Å². The van der Waals surface area contributed by atoms with E-state index in [9.17, 15) is 0 Å². The van der Waals surface area contributed by atoms with Gasteiger partial charge in [-0.05, 0) is 59.4 Å². The van der Waals surface area contributed by atoms with E-state index in [0.29, 0.717) is 0 Å². The van der Waals surface area contributed by atoms with Crippen molar-refractivity contribution in [3.05, 3.63) is 0 Å². The zero-order chi connectivity index (χ0) is 19.8. The van der Waals surface area contributed by atoms with Crippen LogP contribution in [0.15, 0.2) is 0 Å². The van der Waals surface area contributed by atoms with Gasteiger partial charge in [0.05, 0.1) is 18.1 Å². The van der Waals surface area contributed by atoms with E-state index >= 15 is 0 Å². The number of hydrogen-bond donors (Lipinski definition) is 3. The first kappa shape index (κ1) is 23.8. The summed E-state index contributed by atoms with van der Waals surface area (Å²) in [6.45, 7) is 19.7. The summed E-state index contributed by atoms with van der Waals surface area (Å²) in [6, 6.07) is 0. The number of nitrogens with one attached hydrogen (secondary N) is 2. The van der Waals surface area contributed by atoms with E-state index in [1.165, 1.54) is 32.4 Å². The lowest BCUT2D eigenvalue weighted by atomic mass is 9.91. The van der Waals surface area contributed by atoms with Gasteiger partial charge in [-0.2, -0.15) is 0 Å². The number of thiol groups is 1. The Balaban J connectivity index is 1.71. The van der Waals surface area contributed by atoms with Crippen LogP contribution < -0.4 is 10.6 Å². The van der Waals surface area contributed by atoms with Crippen molar-refractivity contribution in [1.29, 1.82) is 0 Å². The molecule has 2 saturated heterocycles. The number of ether oxygens (including phenoxy) is 1. The van der Waals surface area contributed by atoms with Gasteiger partial charge in [0.15, 0.2) is 0 Å². The molecule has 7 heteroatoms. The highest BCUT2D eigenvalue weighted by Crippen LogP contribution is 2.34. The van der Waals surface area contributed by atoms with Gasteiger partial charge in [0.25, 0.3) is 0 Å². The van der Waals surface area contributed by atoms with Gasteiger partial charge >= 0.3 is 0 Å². The van der Waals surface area contributed by atoms with Gasteiger partial charge in [0.1, 0.15) is 0 Å². The van der Waals surface area contributed by atoms with E-state index in [0.717, 1.165) is 58.4 Å². The first-order chi connectivity index (χ1) is 12.8. The summed E-state index contributed by atoms with van der Waals surface area (Å²) in [5, 5.41) is 7.41. The molecular formula is C20H42N4OS2. The molecule has 0 bridgehead atoms. The van der Waals surface area contributed by atoms with Crippen molar-refractivity contribution in [2.45, 2.75) is 57.4 Å². The fourth-order valence-electron chi connectivity index (χ4n) is 4.11. The summed E-state index contributed by atoms with van der Waals surface area (Å²) in [5.74, 6) is 0.758. The molecule has 5 nitrogen and oxygen atoms in total. The highest BCUT2D eigenvalue weighted by molar-refractivity contribution is 8.69. The number of morpholine rings is 1. The van der Waals surface area contributed by atoms with E-state index in [4.69, 9.17) is 4.74 Å². The molecule has 2 rings (SSSR count). The van der Waals surface area contributed by atoms with Crippen molar-refractivity contribution in [2.24, 2.45) is 5.92 Å². The molecule has 2 heterocycles. The molecule has 2 fully saturated rings. The third kappa shape index (κ3) is 9.70. The molecule has 2 aliphatic heterocycles. The first-order valence-electron chi connectivity index (χ1n) is 10.6. The number of likely N-dealkylation sites (tertiary alicyclic amines) is 1. The van der Waals surface area contributed by atoms with Gasteiger partial charge in [-0.25, -0.2) is 0 Å². The third-order valence-corrected chi connectivity index (χ3v) is 7.52. The van der Waals surface area contributed by atoms with Crippen LogP contribution in [0, 0.1) is 5.92 Å². The van der Waals surface area contributed by atoms with E-state index in [1.54, 1.807) is 10.8 Å². The molecule has 2 aliphatic rings. The number of hydrogen-bond acceptors (Lipinski definition) is 7. The molecule has 2 unspecified atom stereocenters. The fourth-order valence-corrected chi connectivity index (χ4v) is 5.00. The Hall–Kier alpha value is 0.500. The predicted octanol–water partition coefficient (Wildman–Crippen LogP) is 2.69. The van der Waals surface area contributed by atoms with E-state index in [2.05, 4.69) is 59.8 Å². The lowest BCUT2D eigenvalue weighted by Crippen LogP contribution is -2.48. The van der Waals surface area contributed by atoms with Crippen molar-refractivity contribution >= 4 is 22.5 Å². The van der Waals surface area contributed by atoms with Crippen LogP contribution in [-0.4, -0.2) is 85.8 Å². The Kier molecular flexibility index (Phi) is 10.2. The maximum Gasteiger partial charge on any atom is 0.0721 e. The number of piperidine rings is 1. The third-order valence-electron chi connectivity index (χ3n) is 5.60. The molecule has 0 amide bonds. The lowest BCUT2D eigenvalue weighted by Gasteiger charge is -2.38. The van der Waals surface area contributed by atoms with Crippen LogP contribution in [0.1, 0.15) is 47.0 Å². The maximum atomic E-state index is 5.44. The van der Waals surface area contributed by atoms with Crippen LogP contribution in [0.2, 0.25) is 0 Å². The standard InChI is InChI=1S/C20H42N4OS2/c1-19(2,3)21-7-11-24-9-5-6-18(17-24)16-20(4,27-26)22-8-10-23-12-14-25-15-13-23/h18,21-22,26H,5-17H2,1-4H3. The molecule has 160 valence electrons. The Morgan fingerprint density at radius 3 is 2.33 bits per heavy atom. The zero-order valence-electron chi connectivity index (χ0n) is 17.9. The number of rotatable bonds is 10. The molecule has 0 aromatic heterocycles. The summed E-state index contributed by atoms with van der Waals surface area (Å²) in [5.41, 5.74) is 0.209. The van der Waals surface area contributed by atoms with Crippen molar-refractivity contribution < 1.29 is 4.74 Å². The van der Waals surface area contributed by atoms with Crippen LogP contribution >= 0.6 is 22.5 Å². The predicted molar refractivity (Wildman–Crippen MR) is 122 cm³/mol. The average molecular weight is 419 g/mol. The van der Waals surface area contributed by atoms with E-state index < -0.39 is 0 Å². The minimum Gasteiger partial charge on any atom is -0.379 e. The number of nitrogens with zero attached hydrogens (tertiary/aromatic N) is 2. The highest BCUT2D eigenvalue weighted by atomic mass is 33.1. The molecule has 0 saturated carbocycles. The van der Waals surface area contributed by atoms with Gasteiger partial charge in [-0.1, -0.05) is 10.8 Å². The lowest BCUT2D eigenvalue weighted by molar-refractivity contribution is 0.0378. The molecule has 0 spiro atoms. The van der Waals surface area contributed by atoms with Crippen LogP contribution in [0.5, 0.6) is 0 Å². The van der Waals surface area contributed by atoms with Crippen molar-refractivity contribution in [2.75, 3.05) is 65.6 Å². The summed E-state index contributed by atoms with van der Waals surface area (Å²) in [6.07, 6.45) is 3.85. The Labute approximate surface area is 176 Å². The minimum absolute atomic E-state index is 0.0483. The largest absolute Gasteiger partial charge is 0.379 e. The topological polar surface area (TPSA) is 39.8 Å². The quantitative estimate of drug-likeness (QED) is 0.288. The van der Waals surface area contributed by atoms with Crippen LogP contribution in [0.3, 0.4) is 0 Å². The molecule has 0 aromatic rings. The second kappa shape index (κ2) is 11.6. The smallest absolute Gasteiger partial charge is 0.0721 e. The second-order valence-electron chi connectivity index (χ2n) is 9.39. The van der Waals surface area contributed by atoms with Crippen molar-refractivity contribution in [3.8, 4) is 0 Å². The van der Waals surface area contributed by atoms with Gasteiger partial charge in [0.2, 0.25) is 0 Å². The maximum absolute atomic E-state index is 5.44. The summed E-state index contributed by atoms with van der Waals surface area (Å²) < 4.78 is 5.44. The normalized spacial score (nSPS) is 25.4. The monoisotopic (exact) mass is 418 g/mol. The van der Waals surface area contributed by atoms with Gasteiger partial charge < -0.3 is 20.3 Å². The van der Waals surface area contributed by atoms with Gasteiger partial charge in [0, 0.05) is 51.4 Å². The zero-order valence-corrected chi connectivity index (χ0v) is 19.6. The Morgan fingerprint density at radius 2 is 1.67 bits per heavy atom. The highest BCUT2D eigenvalue weighted by Gasteiger charge is 2.30. The fraction of sp³-hybridized carbons (Fsp3) is 1.00. The molecular weight excluding hydrogens is 376 g/mol. The van der Waals surface area contributed by atoms with Crippen LogP contribution in [0.25, 0.3) is 0 Å². The summed E-state index contributed by atoms with van der Waals surface area (Å²) in [4.78, 5) is 5.18. The van der Waals surface area contributed by atoms with Gasteiger partial charge in [-0.15, -0.1) is 11.7 Å². The second-order valence-corrected chi connectivity index (χ2v) is 11.0. The molecule has 0 aliphatic carbocycles. The molecule has 0 aromatic carbocycles. The SMILES string of the molecule is CC(C)(C)NCCN1CCCC(CC(C)(NCCN2CCOCC2)SS)C1. The van der Waals surface area contributed by atoms with Gasteiger partial charge in [-0.3, -0.25) is 4.90 Å². The first-order valence-corrected chi connectivity index (χ1v) is 12.5. The Morgan fingerprint density at radius 1 is 1.00 bits per heavy atom. The summed E-state index contributed by atoms with van der Waals surface area (Å²) >= 11 is 4.61.